The van der Waals surface area contributed by atoms with Crippen LogP contribution in [0.4, 0.5) is 0 Å². The van der Waals surface area contributed by atoms with Crippen LogP contribution in [-0.4, -0.2) is 27.3 Å². The second-order valence-electron chi connectivity index (χ2n) is 4.43. The van der Waals surface area contributed by atoms with Crippen molar-refractivity contribution in [3.63, 3.8) is 0 Å². The van der Waals surface area contributed by atoms with Gasteiger partial charge in [-0.25, -0.2) is 0 Å². The van der Waals surface area contributed by atoms with Gasteiger partial charge in [-0.3, -0.25) is 9.48 Å². The van der Waals surface area contributed by atoms with Crippen molar-refractivity contribution in [3.05, 3.63) is 47.8 Å². The van der Waals surface area contributed by atoms with E-state index in [-0.39, 0.29) is 18.1 Å². The molecule has 0 aliphatic carbocycles. The van der Waals surface area contributed by atoms with Gasteiger partial charge in [-0.2, -0.15) is 5.10 Å². The molecule has 2 N–H and O–H groups in total. The zero-order valence-electron chi connectivity index (χ0n) is 10.8. The molecule has 5 nitrogen and oxygen atoms in total. The van der Waals surface area contributed by atoms with Crippen molar-refractivity contribution in [3.8, 4) is 5.75 Å². The fraction of sp³-hybridized carbons (Fsp3) is 0.286. The first-order valence-corrected chi connectivity index (χ1v) is 6.16. The van der Waals surface area contributed by atoms with Crippen molar-refractivity contribution in [2.75, 3.05) is 6.54 Å². The standard InChI is InChI=1S/C14H17N3O2/c1-17-8-6-12(16-17)5-7-15-14(19)10-11-3-2-4-13(18)9-11/h2-4,6,8-9,18H,5,7,10H2,1H3,(H,15,19). The second-order valence-corrected chi connectivity index (χ2v) is 4.43. The lowest BCUT2D eigenvalue weighted by Crippen LogP contribution is -2.27. The highest BCUT2D eigenvalue weighted by atomic mass is 16.3. The molecule has 0 fully saturated rings. The molecule has 100 valence electrons. The van der Waals surface area contributed by atoms with Crippen LogP contribution in [0.1, 0.15) is 11.3 Å². The molecule has 0 aliphatic rings. The average molecular weight is 259 g/mol. The molecule has 0 aliphatic heterocycles. The van der Waals surface area contributed by atoms with Crippen LogP contribution in [-0.2, 0) is 24.7 Å². The normalized spacial score (nSPS) is 10.4. The minimum Gasteiger partial charge on any atom is -0.508 e. The van der Waals surface area contributed by atoms with Crippen molar-refractivity contribution < 1.29 is 9.90 Å². The summed E-state index contributed by atoms with van der Waals surface area (Å²) in [6, 6.07) is 8.66. The van der Waals surface area contributed by atoms with E-state index in [2.05, 4.69) is 10.4 Å². The van der Waals surface area contributed by atoms with Crippen molar-refractivity contribution in [1.82, 2.24) is 15.1 Å². The number of nitrogens with one attached hydrogen (secondary N) is 1. The van der Waals surface area contributed by atoms with E-state index in [4.69, 9.17) is 0 Å². The van der Waals surface area contributed by atoms with Gasteiger partial charge in [-0.1, -0.05) is 12.1 Å². The minimum absolute atomic E-state index is 0.0541. The summed E-state index contributed by atoms with van der Waals surface area (Å²) in [7, 11) is 1.87. The monoisotopic (exact) mass is 259 g/mol. The quantitative estimate of drug-likeness (QED) is 0.842. The highest BCUT2D eigenvalue weighted by Gasteiger charge is 2.04. The summed E-state index contributed by atoms with van der Waals surface area (Å²) in [5, 5.41) is 16.4. The SMILES string of the molecule is Cn1ccc(CCNC(=O)Cc2cccc(O)c2)n1. The van der Waals surface area contributed by atoms with Gasteiger partial charge in [0.2, 0.25) is 5.91 Å². The number of phenols is 1. The molecule has 1 amide bonds. The lowest BCUT2D eigenvalue weighted by molar-refractivity contribution is -0.120. The first-order chi connectivity index (χ1) is 9.13. The Labute approximate surface area is 111 Å². The number of carbonyl (C=O) groups is 1. The summed E-state index contributed by atoms with van der Waals surface area (Å²) in [6.07, 6.45) is 2.87. The maximum atomic E-state index is 11.7. The molecule has 0 bridgehead atoms. The number of hydrogen-bond acceptors (Lipinski definition) is 3. The largest absolute Gasteiger partial charge is 0.508 e. The molecule has 0 radical (unpaired) electrons. The molecule has 19 heavy (non-hydrogen) atoms. The van der Waals surface area contributed by atoms with Crippen LogP contribution in [0.2, 0.25) is 0 Å². The number of benzene rings is 1. The molecular formula is C14H17N3O2. The summed E-state index contributed by atoms with van der Waals surface area (Å²) in [6.45, 7) is 0.564. The zero-order chi connectivity index (χ0) is 13.7. The van der Waals surface area contributed by atoms with Gasteiger partial charge >= 0.3 is 0 Å². The molecule has 1 heterocycles. The number of carbonyl (C=O) groups excluding carboxylic acids is 1. The predicted octanol–water partition coefficient (Wildman–Crippen LogP) is 1.03. The van der Waals surface area contributed by atoms with Gasteiger partial charge < -0.3 is 10.4 Å². The van der Waals surface area contributed by atoms with Crippen molar-refractivity contribution in [2.24, 2.45) is 7.05 Å². The van der Waals surface area contributed by atoms with Crippen LogP contribution < -0.4 is 5.32 Å². The van der Waals surface area contributed by atoms with Crippen LogP contribution in [0.15, 0.2) is 36.5 Å². The third-order valence-corrected chi connectivity index (χ3v) is 2.75. The summed E-state index contributed by atoms with van der Waals surface area (Å²) in [5.74, 6) is 0.125. The Hall–Kier alpha value is -2.30. The van der Waals surface area contributed by atoms with E-state index in [1.54, 1.807) is 22.9 Å². The molecule has 0 spiro atoms. The first kappa shape index (κ1) is 13.1. The van der Waals surface area contributed by atoms with E-state index in [1.807, 2.05) is 25.4 Å². The van der Waals surface area contributed by atoms with Crippen molar-refractivity contribution >= 4 is 5.91 Å². The van der Waals surface area contributed by atoms with E-state index in [0.29, 0.717) is 13.0 Å². The van der Waals surface area contributed by atoms with E-state index in [1.165, 1.54) is 0 Å². The number of aryl methyl sites for hydroxylation is 1. The van der Waals surface area contributed by atoms with E-state index in [0.717, 1.165) is 11.3 Å². The summed E-state index contributed by atoms with van der Waals surface area (Å²) in [5.41, 5.74) is 1.76. The maximum Gasteiger partial charge on any atom is 0.224 e. The fourth-order valence-electron chi connectivity index (χ4n) is 1.84. The summed E-state index contributed by atoms with van der Waals surface area (Å²) in [4.78, 5) is 11.7. The maximum absolute atomic E-state index is 11.7. The molecular weight excluding hydrogens is 242 g/mol. The Balaban J connectivity index is 1.76. The highest BCUT2D eigenvalue weighted by Crippen LogP contribution is 2.11. The van der Waals surface area contributed by atoms with Gasteiger partial charge in [0.15, 0.2) is 0 Å². The molecule has 1 aromatic carbocycles. The molecule has 0 saturated carbocycles. The Morgan fingerprint density at radius 1 is 1.42 bits per heavy atom. The molecule has 1 aromatic heterocycles. The van der Waals surface area contributed by atoms with E-state index in [9.17, 15) is 9.90 Å². The number of hydrogen-bond donors (Lipinski definition) is 2. The minimum atomic E-state index is -0.0541. The predicted molar refractivity (Wildman–Crippen MR) is 71.7 cm³/mol. The van der Waals surface area contributed by atoms with Gasteiger partial charge in [0.1, 0.15) is 5.75 Å². The van der Waals surface area contributed by atoms with E-state index < -0.39 is 0 Å². The third-order valence-electron chi connectivity index (χ3n) is 2.75. The Morgan fingerprint density at radius 3 is 2.95 bits per heavy atom. The first-order valence-electron chi connectivity index (χ1n) is 6.16. The zero-order valence-corrected chi connectivity index (χ0v) is 10.8. The highest BCUT2D eigenvalue weighted by molar-refractivity contribution is 5.78. The van der Waals surface area contributed by atoms with Crippen LogP contribution in [0.3, 0.4) is 0 Å². The van der Waals surface area contributed by atoms with Gasteiger partial charge in [0, 0.05) is 26.2 Å². The Morgan fingerprint density at radius 2 is 2.26 bits per heavy atom. The molecule has 0 saturated heterocycles. The number of rotatable bonds is 5. The number of aromatic hydroxyl groups is 1. The van der Waals surface area contributed by atoms with Crippen molar-refractivity contribution in [1.29, 1.82) is 0 Å². The Bertz CT molecular complexity index is 563. The second kappa shape index (κ2) is 6.04. The molecule has 2 rings (SSSR count). The fourth-order valence-corrected chi connectivity index (χ4v) is 1.84. The molecule has 0 atom stereocenters. The topological polar surface area (TPSA) is 67.2 Å². The van der Waals surface area contributed by atoms with Crippen LogP contribution in [0.5, 0.6) is 5.75 Å². The number of aromatic nitrogens is 2. The van der Waals surface area contributed by atoms with Gasteiger partial charge in [-0.15, -0.1) is 0 Å². The molecule has 5 heteroatoms. The average Bonchev–Trinajstić information content (AvgIpc) is 2.75. The Kier molecular flexibility index (Phi) is 4.18. The lowest BCUT2D eigenvalue weighted by Gasteiger charge is -2.04. The van der Waals surface area contributed by atoms with Crippen LogP contribution in [0.25, 0.3) is 0 Å². The van der Waals surface area contributed by atoms with Gasteiger partial charge in [0.25, 0.3) is 0 Å². The van der Waals surface area contributed by atoms with Gasteiger partial charge in [-0.05, 0) is 23.8 Å². The third kappa shape index (κ3) is 4.13. The number of nitrogens with zero attached hydrogens (tertiary/aromatic N) is 2. The number of phenolic OH excluding ortho intramolecular Hbond substituents is 1. The summed E-state index contributed by atoms with van der Waals surface area (Å²) < 4.78 is 1.74. The van der Waals surface area contributed by atoms with Crippen LogP contribution >= 0.6 is 0 Å². The van der Waals surface area contributed by atoms with Crippen LogP contribution in [0, 0.1) is 0 Å². The smallest absolute Gasteiger partial charge is 0.224 e. The van der Waals surface area contributed by atoms with Gasteiger partial charge in [0.05, 0.1) is 12.1 Å². The summed E-state index contributed by atoms with van der Waals surface area (Å²) >= 11 is 0. The lowest BCUT2D eigenvalue weighted by atomic mass is 10.1. The van der Waals surface area contributed by atoms with Crippen molar-refractivity contribution in [2.45, 2.75) is 12.8 Å². The van der Waals surface area contributed by atoms with E-state index >= 15 is 0 Å². The molecule has 0 unspecified atom stereocenters. The number of amides is 1. The molecule has 2 aromatic rings.